The van der Waals surface area contributed by atoms with Crippen molar-refractivity contribution in [1.29, 1.82) is 5.53 Å². The van der Waals surface area contributed by atoms with E-state index in [1.807, 2.05) is 0 Å². The van der Waals surface area contributed by atoms with Crippen molar-refractivity contribution in [3.8, 4) is 17.0 Å². The Balaban J connectivity index is 1.38. The molecule has 1 atom stereocenters. The van der Waals surface area contributed by atoms with E-state index in [4.69, 9.17) is 10.3 Å². The summed E-state index contributed by atoms with van der Waals surface area (Å²) in [6.45, 7) is -0.736. The highest BCUT2D eigenvalue weighted by Gasteiger charge is 2.47. The zero-order valence-corrected chi connectivity index (χ0v) is 22.0. The molecule has 5 rings (SSSR count). The summed E-state index contributed by atoms with van der Waals surface area (Å²) < 4.78 is 75.4. The normalized spacial score (nSPS) is 18.9. The lowest BCUT2D eigenvalue weighted by Gasteiger charge is -2.39. The van der Waals surface area contributed by atoms with Crippen molar-refractivity contribution in [1.82, 2.24) is 24.4 Å². The summed E-state index contributed by atoms with van der Waals surface area (Å²) in [7, 11) is 1.35. The molecule has 0 saturated carbocycles. The van der Waals surface area contributed by atoms with E-state index in [-0.39, 0.29) is 42.2 Å². The summed E-state index contributed by atoms with van der Waals surface area (Å²) in [5.74, 6) is -3.31. The second kappa shape index (κ2) is 11.0. The fourth-order valence-electron chi connectivity index (χ4n) is 5.11. The lowest BCUT2D eigenvalue weighted by Crippen LogP contribution is -2.58. The fourth-order valence-corrected chi connectivity index (χ4v) is 5.11. The first kappa shape index (κ1) is 28.3. The summed E-state index contributed by atoms with van der Waals surface area (Å²) in [5, 5.41) is 12.5. The van der Waals surface area contributed by atoms with Crippen molar-refractivity contribution in [3.63, 3.8) is 0 Å². The summed E-state index contributed by atoms with van der Waals surface area (Å²) >= 11 is 0. The second-order valence-corrected chi connectivity index (χ2v) is 9.92. The Morgan fingerprint density at radius 2 is 1.95 bits per heavy atom. The number of nitrogens with zero attached hydrogens (tertiary/aromatic N) is 6. The van der Waals surface area contributed by atoms with Gasteiger partial charge < -0.3 is 25.2 Å². The number of hydrogen-bond acceptors (Lipinski definition) is 8. The number of urea groups is 1. The molecule has 0 radical (unpaired) electrons. The maximum Gasteiger partial charge on any atom is 0.405 e. The van der Waals surface area contributed by atoms with Crippen LogP contribution in [-0.4, -0.2) is 88.4 Å². The number of piperidine rings is 1. The first-order chi connectivity index (χ1) is 19.5. The number of nitrogens with one attached hydrogen (secondary N) is 3. The number of carbonyl (C=O) groups is 1. The number of alkyl halides is 5. The first-order valence-corrected chi connectivity index (χ1v) is 12.9. The Morgan fingerprint density at radius 3 is 2.61 bits per heavy atom. The predicted octanol–water partition coefficient (Wildman–Crippen LogP) is 5.38. The molecule has 41 heavy (non-hydrogen) atoms. The molecule has 0 unspecified atom stereocenters. The lowest BCUT2D eigenvalue weighted by molar-refractivity contribution is -0.115. The van der Waals surface area contributed by atoms with Gasteiger partial charge in [0.25, 0.3) is 5.92 Å². The third kappa shape index (κ3) is 5.95. The molecule has 3 aromatic rings. The van der Waals surface area contributed by atoms with Gasteiger partial charge in [-0.15, -0.1) is 5.10 Å². The molecule has 4 heterocycles. The van der Waals surface area contributed by atoms with Crippen LogP contribution in [0.2, 0.25) is 0 Å². The minimum Gasteiger partial charge on any atom is -0.479 e. The van der Waals surface area contributed by atoms with Crippen molar-refractivity contribution in [2.75, 3.05) is 50.5 Å². The van der Waals surface area contributed by atoms with Crippen molar-refractivity contribution in [3.05, 3.63) is 30.5 Å². The molecular weight excluding hydrogens is 553 g/mol. The van der Waals surface area contributed by atoms with E-state index in [1.54, 1.807) is 23.2 Å². The van der Waals surface area contributed by atoms with Crippen molar-refractivity contribution < 1.29 is 31.5 Å². The van der Waals surface area contributed by atoms with Crippen molar-refractivity contribution >= 4 is 28.9 Å². The molecule has 2 fully saturated rings. The average Bonchev–Trinajstić information content (AvgIpc) is 3.62. The zero-order chi connectivity index (χ0) is 29.4. The molecular formula is C25H28F5N9O2. The minimum absolute atomic E-state index is 0.00383. The van der Waals surface area contributed by atoms with Gasteiger partial charge in [-0.2, -0.15) is 23.3 Å². The van der Waals surface area contributed by atoms with E-state index in [1.165, 1.54) is 28.7 Å². The van der Waals surface area contributed by atoms with Crippen LogP contribution in [0.3, 0.4) is 0 Å². The molecule has 0 bridgehead atoms. The van der Waals surface area contributed by atoms with Crippen LogP contribution in [-0.2, 0) is 0 Å². The molecule has 2 aliphatic rings. The van der Waals surface area contributed by atoms with Crippen LogP contribution >= 0.6 is 0 Å². The van der Waals surface area contributed by atoms with Crippen molar-refractivity contribution in [2.24, 2.45) is 5.11 Å². The molecule has 2 saturated heterocycles. The minimum atomic E-state index is -4.48. The van der Waals surface area contributed by atoms with E-state index in [0.29, 0.717) is 29.7 Å². The highest BCUT2D eigenvalue weighted by molar-refractivity contribution is 5.87. The Morgan fingerprint density at radius 1 is 1.20 bits per heavy atom. The van der Waals surface area contributed by atoms with Crippen LogP contribution in [0.25, 0.3) is 16.6 Å². The Kier molecular flexibility index (Phi) is 7.57. The smallest absolute Gasteiger partial charge is 0.405 e. The third-order valence-corrected chi connectivity index (χ3v) is 7.13. The number of aromatic nitrogens is 3. The molecule has 0 spiro atoms. The van der Waals surface area contributed by atoms with Gasteiger partial charge >= 0.3 is 12.2 Å². The number of halogens is 5. The van der Waals surface area contributed by atoms with Crippen LogP contribution in [0.1, 0.15) is 19.3 Å². The van der Waals surface area contributed by atoms with Crippen molar-refractivity contribution in [2.45, 2.75) is 37.4 Å². The number of ether oxygens (including phenoxy) is 1. The Hall–Kier alpha value is -4.24. The zero-order valence-electron chi connectivity index (χ0n) is 22.0. The molecule has 0 aliphatic carbocycles. The largest absolute Gasteiger partial charge is 0.479 e. The standard InChI is InChI=1S/C25H28F5N9O2/c1-41-21-20-16(15-4-5-17(35-31)18(12-15)32-13-25(28,29)30)6-11-39(20)36-22(34-21)33-19-7-10-38(14-24(19,26)27)23(40)37-8-2-3-9-37/h4-6,11-12,19,31-32H,2-3,7-10,13-14H2,1H3,(H,33,36)/t19-/m1/s1. The van der Waals surface area contributed by atoms with Crippen LogP contribution in [0.5, 0.6) is 5.88 Å². The summed E-state index contributed by atoms with van der Waals surface area (Å²) in [6, 6.07) is 4.32. The van der Waals surface area contributed by atoms with Gasteiger partial charge in [0.2, 0.25) is 11.8 Å². The monoisotopic (exact) mass is 581 g/mol. The molecule has 3 N–H and O–H groups in total. The number of carbonyl (C=O) groups excluding carboxylic acids is 1. The van der Waals surface area contributed by atoms with E-state index in [2.05, 4.69) is 25.8 Å². The van der Waals surface area contributed by atoms with E-state index >= 15 is 8.78 Å². The molecule has 2 aromatic heterocycles. The number of hydrogen-bond donors (Lipinski definition) is 3. The van der Waals surface area contributed by atoms with E-state index < -0.39 is 31.2 Å². The Labute approximate surface area is 231 Å². The summed E-state index contributed by atoms with van der Waals surface area (Å²) in [5.41, 5.74) is 8.61. The highest BCUT2D eigenvalue weighted by Crippen LogP contribution is 2.37. The number of anilines is 2. The van der Waals surface area contributed by atoms with Gasteiger partial charge in [0.15, 0.2) is 0 Å². The topological polar surface area (TPSA) is 123 Å². The molecule has 11 nitrogen and oxygen atoms in total. The SMILES string of the molecule is COc1nc(N[C@@H]2CCN(C(=O)N3CCCC3)CC2(F)F)nn2ccc(-c3ccc(N=N)c(NCC(F)(F)F)c3)c12. The number of rotatable bonds is 7. The molecule has 1 aromatic carbocycles. The maximum absolute atomic E-state index is 15.1. The summed E-state index contributed by atoms with van der Waals surface area (Å²) in [6.07, 6.45) is -1.22. The number of amides is 2. The van der Waals surface area contributed by atoms with Crippen LogP contribution in [0, 0.1) is 5.53 Å². The maximum atomic E-state index is 15.1. The van der Waals surface area contributed by atoms with Crippen LogP contribution in [0.15, 0.2) is 35.6 Å². The first-order valence-electron chi connectivity index (χ1n) is 12.9. The van der Waals surface area contributed by atoms with Gasteiger partial charge in [0.1, 0.15) is 17.7 Å². The van der Waals surface area contributed by atoms with Gasteiger partial charge in [-0.05, 0) is 43.0 Å². The van der Waals surface area contributed by atoms with Crippen LogP contribution in [0.4, 0.5) is 44.1 Å². The third-order valence-electron chi connectivity index (χ3n) is 7.13. The van der Waals surface area contributed by atoms with Gasteiger partial charge in [0.05, 0.1) is 25.4 Å². The number of fused-ring (bicyclic) bond motifs is 1. The average molecular weight is 582 g/mol. The van der Waals surface area contributed by atoms with Gasteiger partial charge in [-0.3, -0.25) is 0 Å². The fraction of sp³-hybridized carbons (Fsp3) is 0.480. The number of likely N-dealkylation sites (tertiary alicyclic amines) is 2. The van der Waals surface area contributed by atoms with Crippen LogP contribution < -0.4 is 15.4 Å². The van der Waals surface area contributed by atoms with Gasteiger partial charge in [-0.25, -0.2) is 23.6 Å². The number of methoxy groups -OCH3 is 1. The Bertz CT molecular complexity index is 1440. The number of benzene rings is 1. The van der Waals surface area contributed by atoms with E-state index in [0.717, 1.165) is 12.8 Å². The van der Waals surface area contributed by atoms with Gasteiger partial charge in [-0.1, -0.05) is 6.07 Å². The predicted molar refractivity (Wildman–Crippen MR) is 139 cm³/mol. The summed E-state index contributed by atoms with van der Waals surface area (Å²) in [4.78, 5) is 19.7. The highest BCUT2D eigenvalue weighted by atomic mass is 19.4. The quantitative estimate of drug-likeness (QED) is 0.254. The van der Waals surface area contributed by atoms with Gasteiger partial charge in [0, 0.05) is 31.4 Å². The molecule has 220 valence electrons. The van der Waals surface area contributed by atoms with E-state index in [9.17, 15) is 18.0 Å². The second-order valence-electron chi connectivity index (χ2n) is 9.92. The molecule has 2 aliphatic heterocycles. The molecule has 16 heteroatoms. The molecule has 2 amide bonds. The lowest BCUT2D eigenvalue weighted by atomic mass is 10.0.